The van der Waals surface area contributed by atoms with Crippen LogP contribution in [0.15, 0.2) is 138 Å². The third kappa shape index (κ3) is 7.80. The van der Waals surface area contributed by atoms with Crippen molar-refractivity contribution in [2.45, 2.75) is 65.0 Å². The van der Waals surface area contributed by atoms with Crippen LogP contribution < -0.4 is 14.0 Å². The lowest BCUT2D eigenvalue weighted by molar-refractivity contribution is 0.410. The Balaban J connectivity index is 1.37. The van der Waals surface area contributed by atoms with E-state index in [9.17, 15) is 0 Å². The molecular formula is C48H48O7P2. The smallest absolute Gasteiger partial charge is 0.453 e. The zero-order valence-electron chi connectivity index (χ0n) is 33.7. The van der Waals surface area contributed by atoms with E-state index in [0.29, 0.717) is 35.2 Å². The van der Waals surface area contributed by atoms with E-state index in [2.05, 4.69) is 77.9 Å². The number of methoxy groups -OCH3 is 2. The van der Waals surface area contributed by atoms with Gasteiger partial charge in [-0.15, -0.1) is 0 Å². The molecule has 0 atom stereocenters. The second kappa shape index (κ2) is 15.5. The van der Waals surface area contributed by atoms with Gasteiger partial charge >= 0.3 is 8.24 Å². The third-order valence-electron chi connectivity index (χ3n) is 10.2. The lowest BCUT2D eigenvalue weighted by Crippen LogP contribution is -2.16. The maximum absolute atomic E-state index is 7.11. The fraction of sp³-hybridized carbons (Fsp3) is 0.250. The molecule has 0 amide bonds. The van der Waals surface area contributed by atoms with E-state index in [-0.39, 0.29) is 10.8 Å². The summed E-state index contributed by atoms with van der Waals surface area (Å²) in [5, 5.41) is 3.96. The first-order chi connectivity index (χ1) is 27.4. The molecule has 8 aromatic rings. The van der Waals surface area contributed by atoms with Crippen molar-refractivity contribution in [3.05, 3.63) is 138 Å². The van der Waals surface area contributed by atoms with Crippen LogP contribution in [0.3, 0.4) is 0 Å². The summed E-state index contributed by atoms with van der Waals surface area (Å²) in [6, 6.07) is 40.7. The average Bonchev–Trinajstić information content (AvgIpc) is 3.46. The molecule has 0 spiro atoms. The minimum atomic E-state index is -1.96. The van der Waals surface area contributed by atoms with Gasteiger partial charge in [-0.25, -0.2) is 0 Å². The second-order valence-corrected chi connectivity index (χ2v) is 18.7. The number of para-hydroxylation sites is 4. The molecule has 0 aliphatic rings. The Morgan fingerprint density at radius 3 is 1.33 bits per heavy atom. The lowest BCUT2D eigenvalue weighted by atomic mass is 9.78. The summed E-state index contributed by atoms with van der Waals surface area (Å²) in [5.41, 5.74) is 7.53. The van der Waals surface area contributed by atoms with Gasteiger partial charge in [0.2, 0.25) is 8.01 Å². The van der Waals surface area contributed by atoms with Gasteiger partial charge in [0, 0.05) is 32.7 Å². The first-order valence-electron chi connectivity index (χ1n) is 19.2. The molecule has 57 heavy (non-hydrogen) atoms. The zero-order chi connectivity index (χ0) is 39.9. The number of rotatable bonds is 8. The van der Waals surface area contributed by atoms with Gasteiger partial charge in [0.1, 0.15) is 39.6 Å². The van der Waals surface area contributed by atoms with Crippen LogP contribution in [-0.4, -0.2) is 14.2 Å². The Hall–Kier alpha value is -5.48. The molecule has 9 heteroatoms. The minimum absolute atomic E-state index is 0.242. The monoisotopic (exact) mass is 798 g/mol. The summed E-state index contributed by atoms with van der Waals surface area (Å²) in [5.74, 6) is 2.12. The normalized spacial score (nSPS) is 12.0. The number of aryl methyl sites for hydroxylation is 1. The van der Waals surface area contributed by atoms with Gasteiger partial charge in [-0.05, 0) is 82.5 Å². The summed E-state index contributed by atoms with van der Waals surface area (Å²) >= 11 is 0. The van der Waals surface area contributed by atoms with Gasteiger partial charge in [0.15, 0.2) is 0 Å². The van der Waals surface area contributed by atoms with Crippen molar-refractivity contribution in [3.8, 4) is 28.4 Å². The van der Waals surface area contributed by atoms with Gasteiger partial charge in [-0.1, -0.05) is 114 Å². The largest absolute Gasteiger partial charge is 0.497 e. The highest BCUT2D eigenvalue weighted by atomic mass is 31.1. The Morgan fingerprint density at radius 1 is 0.491 bits per heavy atom. The van der Waals surface area contributed by atoms with Crippen LogP contribution in [-0.2, 0) is 23.4 Å². The Morgan fingerprint density at radius 2 is 0.895 bits per heavy atom. The molecule has 0 fully saturated rings. The quantitative estimate of drug-likeness (QED) is 0.151. The molecule has 0 saturated carbocycles. The maximum Gasteiger partial charge on any atom is 0.453 e. The molecule has 0 aliphatic heterocycles. The molecule has 7 nitrogen and oxygen atoms in total. The number of hydrogen-bond acceptors (Lipinski definition) is 7. The molecule has 292 valence electrons. The van der Waals surface area contributed by atoms with E-state index in [4.69, 9.17) is 30.8 Å². The number of benzene rings is 6. The molecule has 6 aromatic carbocycles. The summed E-state index contributed by atoms with van der Waals surface area (Å²) in [4.78, 5) is 0. The maximum atomic E-state index is 7.11. The molecule has 0 bridgehead atoms. The van der Waals surface area contributed by atoms with Crippen molar-refractivity contribution >= 4 is 60.1 Å². The fourth-order valence-electron chi connectivity index (χ4n) is 7.42. The summed E-state index contributed by atoms with van der Waals surface area (Å²) in [7, 11) is 0.0857. The topological polar surface area (TPSA) is 80.2 Å². The van der Waals surface area contributed by atoms with Gasteiger partial charge in [-0.3, -0.25) is 0 Å². The van der Waals surface area contributed by atoms with E-state index in [1.54, 1.807) is 14.2 Å². The average molecular weight is 799 g/mol. The van der Waals surface area contributed by atoms with Gasteiger partial charge < -0.3 is 30.8 Å². The molecule has 0 N–H and O–H groups in total. The first kappa shape index (κ1) is 38.4. The second-order valence-electron chi connectivity index (χ2n) is 16.2. The van der Waals surface area contributed by atoms with Gasteiger partial charge in [0.05, 0.1) is 20.4 Å². The SMILES string of the molecule is COc1cc(-c2cc(OC)cc(C(C)(C)C)c2Op2oc3ccccc3c3ccccc3o2)c(CCp2oc3ccccc3c3ccccc3o2)c(C(C)(C)C)c1. The number of ether oxygens (including phenoxy) is 2. The van der Waals surface area contributed by atoms with Gasteiger partial charge in [0.25, 0.3) is 0 Å². The fourth-order valence-corrected chi connectivity index (χ4v) is 9.90. The Labute approximate surface area is 335 Å². The van der Waals surface area contributed by atoms with E-state index >= 15 is 0 Å². The number of hydrogen-bond donors (Lipinski definition) is 0. The highest BCUT2D eigenvalue weighted by molar-refractivity contribution is 7.36. The van der Waals surface area contributed by atoms with Crippen LogP contribution >= 0.6 is 16.3 Å². The standard InChI is InChI=1S/C48H48O7P2/c1-47(2,3)40-29-31(49-7)27-38(33(40)25-26-56-51-42-21-13-9-17-34(42)35-18-10-14-22-43(35)52-56)39-28-32(50-8)30-41(48(4,5)6)46(39)55-57-53-44-23-15-11-19-36(44)37-20-12-16-24-45(37)54-57/h9-24,27-30H,25-26H2,1-8H3. The molecule has 0 aliphatic carbocycles. The van der Waals surface area contributed by atoms with E-state index < -0.39 is 16.3 Å². The summed E-state index contributed by atoms with van der Waals surface area (Å²) < 4.78 is 45.9. The van der Waals surface area contributed by atoms with Crippen LogP contribution in [0.25, 0.3) is 55.0 Å². The van der Waals surface area contributed by atoms with Crippen LogP contribution in [0.5, 0.6) is 17.2 Å². The zero-order valence-corrected chi connectivity index (χ0v) is 35.5. The van der Waals surface area contributed by atoms with Crippen LogP contribution in [0, 0.1) is 0 Å². The molecule has 2 heterocycles. The Kier molecular flexibility index (Phi) is 10.4. The predicted octanol–water partition coefficient (Wildman–Crippen LogP) is 15.3. The van der Waals surface area contributed by atoms with Crippen LogP contribution in [0.2, 0.25) is 0 Å². The molecule has 0 saturated heterocycles. The first-order valence-corrected chi connectivity index (χ1v) is 21.7. The number of fused-ring (bicyclic) bond motifs is 6. The molecular weight excluding hydrogens is 750 g/mol. The lowest BCUT2D eigenvalue weighted by Gasteiger charge is -2.29. The van der Waals surface area contributed by atoms with Crippen LogP contribution in [0.4, 0.5) is 0 Å². The van der Waals surface area contributed by atoms with Crippen molar-refractivity contribution in [2.24, 2.45) is 0 Å². The molecule has 8 rings (SSSR count). The third-order valence-corrected chi connectivity index (χ3v) is 12.7. The van der Waals surface area contributed by atoms with Gasteiger partial charge in [-0.2, -0.15) is 0 Å². The molecule has 0 unspecified atom stereocenters. The van der Waals surface area contributed by atoms with E-state index in [0.717, 1.165) is 66.3 Å². The highest BCUT2D eigenvalue weighted by Crippen LogP contribution is 2.50. The molecule has 2 aromatic heterocycles. The van der Waals surface area contributed by atoms with Crippen molar-refractivity contribution in [1.82, 2.24) is 0 Å². The predicted molar refractivity (Wildman–Crippen MR) is 235 cm³/mol. The van der Waals surface area contributed by atoms with Crippen LogP contribution in [0.1, 0.15) is 58.2 Å². The van der Waals surface area contributed by atoms with E-state index in [1.807, 2.05) is 84.9 Å². The van der Waals surface area contributed by atoms with Crippen molar-refractivity contribution < 1.29 is 30.8 Å². The van der Waals surface area contributed by atoms with Crippen molar-refractivity contribution in [2.75, 3.05) is 14.2 Å². The van der Waals surface area contributed by atoms with E-state index in [1.165, 1.54) is 0 Å². The minimum Gasteiger partial charge on any atom is -0.497 e. The summed E-state index contributed by atoms with van der Waals surface area (Å²) in [6.45, 7) is 13.2. The summed E-state index contributed by atoms with van der Waals surface area (Å²) in [6.07, 6.45) is 1.30. The van der Waals surface area contributed by atoms with Crippen molar-refractivity contribution in [3.63, 3.8) is 0 Å². The van der Waals surface area contributed by atoms with Crippen molar-refractivity contribution in [1.29, 1.82) is 0 Å². The molecule has 0 radical (unpaired) electrons. The Bertz CT molecular complexity index is 2720. The highest BCUT2D eigenvalue weighted by Gasteiger charge is 2.30.